The molecule has 0 aromatic heterocycles. The summed E-state index contributed by atoms with van der Waals surface area (Å²) in [5, 5.41) is -0.580. The first-order valence-electron chi connectivity index (χ1n) is 7.18. The summed E-state index contributed by atoms with van der Waals surface area (Å²) < 4.78 is 26.8. The van der Waals surface area contributed by atoms with Crippen molar-refractivity contribution in [1.82, 2.24) is 0 Å². The van der Waals surface area contributed by atoms with Crippen molar-refractivity contribution < 1.29 is 8.42 Å². The van der Waals surface area contributed by atoms with Crippen molar-refractivity contribution >= 4 is 43.0 Å². The lowest BCUT2D eigenvalue weighted by molar-refractivity contribution is 0.593. The van der Waals surface area contributed by atoms with E-state index in [1.165, 1.54) is 0 Å². The van der Waals surface area contributed by atoms with E-state index in [4.69, 9.17) is 18.0 Å². The zero-order valence-corrected chi connectivity index (χ0v) is 15.7. The molecule has 23 heavy (non-hydrogen) atoms. The van der Waals surface area contributed by atoms with Crippen molar-refractivity contribution in [2.45, 2.75) is 23.0 Å². The summed E-state index contributed by atoms with van der Waals surface area (Å²) in [7, 11) is -3.46. The van der Waals surface area contributed by atoms with Gasteiger partial charge < -0.3 is 5.73 Å². The number of nitrogens with two attached hydrogens (primary N) is 1. The molecule has 1 aliphatic carbocycles. The topological polar surface area (TPSA) is 60.2 Å². The Morgan fingerprint density at radius 2 is 1.65 bits per heavy atom. The third-order valence-electron chi connectivity index (χ3n) is 4.25. The number of hydrogen-bond donors (Lipinski definition) is 1. The molecule has 1 saturated carbocycles. The van der Waals surface area contributed by atoms with E-state index < -0.39 is 15.1 Å². The molecule has 1 fully saturated rings. The van der Waals surface area contributed by atoms with Gasteiger partial charge in [0.25, 0.3) is 0 Å². The third kappa shape index (κ3) is 3.07. The monoisotopic (exact) mass is 409 g/mol. The smallest absolute Gasteiger partial charge is 0.182 e. The van der Waals surface area contributed by atoms with E-state index in [1.54, 1.807) is 24.3 Å². The maximum Gasteiger partial charge on any atom is 0.182 e. The van der Waals surface area contributed by atoms with E-state index >= 15 is 0 Å². The average Bonchev–Trinajstić information content (AvgIpc) is 3.25. The summed E-state index contributed by atoms with van der Waals surface area (Å²) in [6, 6.07) is 14.6. The van der Waals surface area contributed by atoms with Gasteiger partial charge in [0.15, 0.2) is 9.84 Å². The van der Waals surface area contributed by atoms with Crippen LogP contribution in [-0.4, -0.2) is 18.7 Å². The average molecular weight is 410 g/mol. The highest BCUT2D eigenvalue weighted by molar-refractivity contribution is 9.10. The Labute approximate surface area is 149 Å². The van der Waals surface area contributed by atoms with Crippen LogP contribution in [-0.2, 0) is 9.84 Å². The molecule has 120 valence electrons. The molecule has 1 aliphatic rings. The first kappa shape index (κ1) is 16.6. The number of aryl methyl sites for hydroxylation is 1. The van der Waals surface area contributed by atoms with Gasteiger partial charge in [-0.3, -0.25) is 0 Å². The summed E-state index contributed by atoms with van der Waals surface area (Å²) in [5.74, 6) is -0.482. The number of sulfone groups is 1. The molecule has 0 amide bonds. The number of rotatable bonds is 4. The van der Waals surface area contributed by atoms with Gasteiger partial charge in [-0.15, -0.1) is 0 Å². The normalized spacial score (nSPS) is 23.5. The van der Waals surface area contributed by atoms with Crippen LogP contribution in [0.4, 0.5) is 0 Å². The van der Waals surface area contributed by atoms with Crippen molar-refractivity contribution in [3.63, 3.8) is 0 Å². The highest BCUT2D eigenvalue weighted by Gasteiger charge is 2.60. The minimum absolute atomic E-state index is 0.174. The maximum absolute atomic E-state index is 12.9. The van der Waals surface area contributed by atoms with E-state index in [1.807, 2.05) is 31.2 Å². The van der Waals surface area contributed by atoms with E-state index in [9.17, 15) is 8.42 Å². The standard InChI is InChI=1S/C17H16BrNO2S2/c1-10-2-8-13(9-3-10)23(20,21)16-14(15(16)17(19)22)11-4-6-12(18)7-5-11/h2-9,14-16H,1H3,(H2,19,22)/t14-,15+,16+/m0/s1. The fourth-order valence-electron chi connectivity index (χ4n) is 2.98. The molecule has 0 aliphatic heterocycles. The molecular weight excluding hydrogens is 394 g/mol. The van der Waals surface area contributed by atoms with Crippen LogP contribution in [0.2, 0.25) is 0 Å². The zero-order chi connectivity index (χ0) is 16.8. The van der Waals surface area contributed by atoms with Crippen molar-refractivity contribution in [2.24, 2.45) is 11.7 Å². The lowest BCUT2D eigenvalue weighted by Crippen LogP contribution is -2.17. The molecule has 6 heteroatoms. The van der Waals surface area contributed by atoms with E-state index in [2.05, 4.69) is 15.9 Å². The Bertz CT molecular complexity index is 845. The Morgan fingerprint density at radius 3 is 2.17 bits per heavy atom. The van der Waals surface area contributed by atoms with Crippen LogP contribution in [0.3, 0.4) is 0 Å². The molecule has 3 rings (SSSR count). The molecule has 0 saturated heterocycles. The van der Waals surface area contributed by atoms with E-state index in [0.29, 0.717) is 4.90 Å². The highest BCUT2D eigenvalue weighted by atomic mass is 79.9. The van der Waals surface area contributed by atoms with Gasteiger partial charge in [0.05, 0.1) is 15.1 Å². The predicted molar refractivity (Wildman–Crippen MR) is 99.3 cm³/mol. The first-order chi connectivity index (χ1) is 10.8. The van der Waals surface area contributed by atoms with Gasteiger partial charge in [-0.25, -0.2) is 8.42 Å². The van der Waals surface area contributed by atoms with Crippen LogP contribution in [0, 0.1) is 12.8 Å². The summed E-state index contributed by atoms with van der Waals surface area (Å²) in [5.41, 5.74) is 7.78. The minimum Gasteiger partial charge on any atom is -0.393 e. The Balaban J connectivity index is 1.98. The Kier molecular flexibility index (Phi) is 4.33. The fraction of sp³-hybridized carbons (Fsp3) is 0.235. The van der Waals surface area contributed by atoms with Crippen LogP contribution in [0.1, 0.15) is 17.0 Å². The largest absolute Gasteiger partial charge is 0.393 e. The van der Waals surface area contributed by atoms with Gasteiger partial charge in [0.2, 0.25) is 0 Å². The number of halogens is 1. The Hall–Kier alpha value is -1.24. The van der Waals surface area contributed by atoms with Crippen molar-refractivity contribution in [3.05, 3.63) is 64.1 Å². The lowest BCUT2D eigenvalue weighted by Gasteiger charge is -2.05. The van der Waals surface area contributed by atoms with Gasteiger partial charge in [0.1, 0.15) is 0 Å². The van der Waals surface area contributed by atoms with E-state index in [-0.39, 0.29) is 16.8 Å². The minimum atomic E-state index is -3.46. The third-order valence-corrected chi connectivity index (χ3v) is 7.28. The molecule has 3 nitrogen and oxygen atoms in total. The lowest BCUT2D eigenvalue weighted by atomic mass is 10.1. The molecule has 2 aromatic rings. The molecule has 0 bridgehead atoms. The van der Waals surface area contributed by atoms with E-state index in [0.717, 1.165) is 15.6 Å². The molecule has 0 spiro atoms. The van der Waals surface area contributed by atoms with Crippen molar-refractivity contribution in [2.75, 3.05) is 0 Å². The maximum atomic E-state index is 12.9. The summed E-state index contributed by atoms with van der Waals surface area (Å²) in [6.07, 6.45) is 0. The second-order valence-corrected chi connectivity index (χ2v) is 9.32. The number of hydrogen-bond acceptors (Lipinski definition) is 3. The van der Waals surface area contributed by atoms with Gasteiger partial charge in [-0.1, -0.05) is 58.0 Å². The molecular formula is C17H16BrNO2S2. The molecule has 2 aromatic carbocycles. The predicted octanol–water partition coefficient (Wildman–Crippen LogP) is 3.60. The van der Waals surface area contributed by atoms with Crippen LogP contribution < -0.4 is 5.73 Å². The molecule has 0 radical (unpaired) electrons. The summed E-state index contributed by atoms with van der Waals surface area (Å²) in [6.45, 7) is 1.93. The van der Waals surface area contributed by atoms with Gasteiger partial charge in [-0.2, -0.15) is 0 Å². The quantitative estimate of drug-likeness (QED) is 0.783. The SMILES string of the molecule is Cc1ccc(S(=O)(=O)[C@H]2[C@H](C(N)=S)[C@@H]2c2ccc(Br)cc2)cc1. The molecule has 3 atom stereocenters. The summed E-state index contributed by atoms with van der Waals surface area (Å²) in [4.78, 5) is 0.590. The van der Waals surface area contributed by atoms with Crippen LogP contribution in [0.25, 0.3) is 0 Å². The Morgan fingerprint density at radius 1 is 1.09 bits per heavy atom. The second kappa shape index (κ2) is 6.00. The van der Waals surface area contributed by atoms with Crippen molar-refractivity contribution in [3.8, 4) is 0 Å². The molecule has 0 heterocycles. The number of benzene rings is 2. The zero-order valence-electron chi connectivity index (χ0n) is 12.4. The van der Waals surface area contributed by atoms with Gasteiger partial charge in [-0.05, 0) is 36.8 Å². The number of thiocarbonyl (C=S) groups is 1. The molecule has 2 N–H and O–H groups in total. The van der Waals surface area contributed by atoms with Gasteiger partial charge in [0, 0.05) is 16.3 Å². The van der Waals surface area contributed by atoms with Crippen LogP contribution in [0.15, 0.2) is 57.9 Å². The summed E-state index contributed by atoms with van der Waals surface area (Å²) >= 11 is 8.49. The van der Waals surface area contributed by atoms with Crippen LogP contribution >= 0.6 is 28.1 Å². The highest BCUT2D eigenvalue weighted by Crippen LogP contribution is 2.54. The van der Waals surface area contributed by atoms with Gasteiger partial charge >= 0.3 is 0 Å². The first-order valence-corrected chi connectivity index (χ1v) is 9.92. The molecule has 0 unspecified atom stereocenters. The van der Waals surface area contributed by atoms with Crippen molar-refractivity contribution in [1.29, 1.82) is 0 Å². The second-order valence-electron chi connectivity index (χ2n) is 5.83. The fourth-order valence-corrected chi connectivity index (χ4v) is 5.77. The van der Waals surface area contributed by atoms with Crippen LogP contribution in [0.5, 0.6) is 0 Å².